The lowest BCUT2D eigenvalue weighted by Crippen LogP contribution is -2.36. The van der Waals surface area contributed by atoms with Crippen LogP contribution in [0.25, 0.3) is 10.9 Å². The number of nitrogens with zero attached hydrogens (tertiary/aromatic N) is 5. The van der Waals surface area contributed by atoms with Gasteiger partial charge in [0.25, 0.3) is 0 Å². The molecule has 5 rings (SSSR count). The van der Waals surface area contributed by atoms with Crippen LogP contribution in [0.15, 0.2) is 36.7 Å². The molecular weight excluding hydrogens is 380 g/mol. The van der Waals surface area contributed by atoms with Gasteiger partial charge in [0.1, 0.15) is 17.7 Å². The molecule has 3 aromatic heterocycles. The minimum absolute atomic E-state index is 0.163. The molecule has 30 heavy (non-hydrogen) atoms. The monoisotopic (exact) mass is 408 g/mol. The highest BCUT2D eigenvalue weighted by atomic mass is 16.5. The van der Waals surface area contributed by atoms with E-state index in [1.54, 1.807) is 0 Å². The molecule has 0 radical (unpaired) electrons. The van der Waals surface area contributed by atoms with E-state index in [9.17, 15) is 0 Å². The molecule has 1 N–H and O–H groups in total. The summed E-state index contributed by atoms with van der Waals surface area (Å²) in [6, 6.07) is 8.49. The number of fused-ring (bicyclic) bond motifs is 1. The van der Waals surface area contributed by atoms with E-state index in [1.807, 2.05) is 31.4 Å². The van der Waals surface area contributed by atoms with Crippen molar-refractivity contribution in [2.75, 3.05) is 43.6 Å². The maximum Gasteiger partial charge on any atom is 0.225 e. The first kappa shape index (κ1) is 19.1. The third-order valence-corrected chi connectivity index (χ3v) is 6.05. The summed E-state index contributed by atoms with van der Waals surface area (Å²) in [5, 5.41) is 8.66. The normalized spacial score (nSPS) is 22.2. The Hall–Kier alpha value is -2.87. The first-order valence-electron chi connectivity index (χ1n) is 10.8. The van der Waals surface area contributed by atoms with Crippen LogP contribution in [-0.4, -0.2) is 59.2 Å². The highest BCUT2D eigenvalue weighted by Gasteiger charge is 2.26. The van der Waals surface area contributed by atoms with Crippen molar-refractivity contribution in [2.24, 2.45) is 0 Å². The van der Waals surface area contributed by atoms with E-state index in [2.05, 4.69) is 37.2 Å². The van der Waals surface area contributed by atoms with Crippen molar-refractivity contribution in [3.8, 4) is 5.88 Å². The number of pyridine rings is 2. The van der Waals surface area contributed by atoms with Gasteiger partial charge in [0, 0.05) is 44.7 Å². The molecule has 0 atom stereocenters. The maximum absolute atomic E-state index is 6.46. The van der Waals surface area contributed by atoms with Crippen molar-refractivity contribution in [1.82, 2.24) is 19.7 Å². The van der Waals surface area contributed by atoms with Crippen molar-refractivity contribution in [3.05, 3.63) is 36.7 Å². The second kappa shape index (κ2) is 8.47. The fourth-order valence-corrected chi connectivity index (χ4v) is 4.34. The third kappa shape index (κ3) is 3.92. The highest BCUT2D eigenvalue weighted by Crippen LogP contribution is 2.33. The Kier molecular flexibility index (Phi) is 5.40. The molecule has 0 unspecified atom stereocenters. The van der Waals surface area contributed by atoms with E-state index < -0.39 is 0 Å². The van der Waals surface area contributed by atoms with Crippen molar-refractivity contribution in [3.63, 3.8) is 0 Å². The molecular formula is C22H28N6O2. The van der Waals surface area contributed by atoms with Gasteiger partial charge in [-0.1, -0.05) is 0 Å². The van der Waals surface area contributed by atoms with Gasteiger partial charge in [0.05, 0.1) is 30.2 Å². The van der Waals surface area contributed by atoms with Crippen molar-refractivity contribution in [2.45, 2.75) is 37.8 Å². The molecule has 1 saturated heterocycles. The van der Waals surface area contributed by atoms with Gasteiger partial charge in [0.2, 0.25) is 5.88 Å². The van der Waals surface area contributed by atoms with E-state index >= 15 is 0 Å². The number of aromatic nitrogens is 4. The molecule has 0 spiro atoms. The van der Waals surface area contributed by atoms with E-state index in [0.29, 0.717) is 11.9 Å². The minimum Gasteiger partial charge on any atom is -0.474 e. The number of hydrogen-bond acceptors (Lipinski definition) is 7. The lowest BCUT2D eigenvalue weighted by molar-refractivity contribution is 0.120. The molecule has 8 nitrogen and oxygen atoms in total. The van der Waals surface area contributed by atoms with Gasteiger partial charge < -0.3 is 19.7 Å². The zero-order valence-corrected chi connectivity index (χ0v) is 17.3. The Labute approximate surface area is 176 Å². The van der Waals surface area contributed by atoms with Crippen LogP contribution in [0.1, 0.15) is 31.7 Å². The SMILES string of the molecule is CNc1ccn(C2CCC(Oc3nc(N4CCOCC4)cc4ncccc34)CC2)n1. The molecule has 2 aliphatic rings. The standard InChI is InChI=1S/C22H28N6O2/c1-23-20-8-10-28(26-20)16-4-6-17(7-5-16)30-22-18-3-2-9-24-19(18)15-21(25-22)27-11-13-29-14-12-27/h2-3,8-10,15-17H,4-7,11-14H2,1H3,(H,23,26). The van der Waals surface area contributed by atoms with Crippen LogP contribution in [0.4, 0.5) is 11.6 Å². The number of hydrogen-bond donors (Lipinski definition) is 1. The molecule has 8 heteroatoms. The summed E-state index contributed by atoms with van der Waals surface area (Å²) in [7, 11) is 1.90. The molecule has 2 fully saturated rings. The van der Waals surface area contributed by atoms with Gasteiger partial charge in [-0.2, -0.15) is 10.1 Å². The topological polar surface area (TPSA) is 77.3 Å². The van der Waals surface area contributed by atoms with Gasteiger partial charge in [-0.25, -0.2) is 0 Å². The summed E-state index contributed by atoms with van der Waals surface area (Å²) in [4.78, 5) is 11.7. The molecule has 3 aromatic rings. The van der Waals surface area contributed by atoms with Gasteiger partial charge in [-0.15, -0.1) is 0 Å². The average molecular weight is 409 g/mol. The Morgan fingerprint density at radius 2 is 1.97 bits per heavy atom. The molecule has 0 amide bonds. The average Bonchev–Trinajstić information content (AvgIpc) is 3.29. The zero-order chi connectivity index (χ0) is 20.3. The van der Waals surface area contributed by atoms with Crippen LogP contribution in [0, 0.1) is 0 Å². The van der Waals surface area contributed by atoms with Crippen LogP contribution < -0.4 is 15.0 Å². The Morgan fingerprint density at radius 3 is 2.73 bits per heavy atom. The van der Waals surface area contributed by atoms with E-state index in [0.717, 1.165) is 74.5 Å². The Balaban J connectivity index is 1.32. The van der Waals surface area contributed by atoms with Crippen LogP contribution >= 0.6 is 0 Å². The van der Waals surface area contributed by atoms with E-state index in [1.165, 1.54) is 0 Å². The predicted molar refractivity (Wildman–Crippen MR) is 116 cm³/mol. The number of rotatable bonds is 5. The minimum atomic E-state index is 0.163. The van der Waals surface area contributed by atoms with E-state index in [4.69, 9.17) is 14.5 Å². The van der Waals surface area contributed by atoms with Crippen LogP contribution in [0.5, 0.6) is 5.88 Å². The molecule has 4 heterocycles. The lowest BCUT2D eigenvalue weighted by atomic mass is 9.93. The number of nitrogens with one attached hydrogen (secondary N) is 1. The Bertz CT molecular complexity index is 992. The summed E-state index contributed by atoms with van der Waals surface area (Å²) >= 11 is 0. The summed E-state index contributed by atoms with van der Waals surface area (Å²) in [6.45, 7) is 3.14. The van der Waals surface area contributed by atoms with Crippen molar-refractivity contribution in [1.29, 1.82) is 0 Å². The lowest BCUT2D eigenvalue weighted by Gasteiger charge is -2.30. The van der Waals surface area contributed by atoms with E-state index in [-0.39, 0.29) is 6.10 Å². The van der Waals surface area contributed by atoms with Crippen molar-refractivity contribution < 1.29 is 9.47 Å². The highest BCUT2D eigenvalue weighted by molar-refractivity contribution is 5.85. The van der Waals surface area contributed by atoms with Gasteiger partial charge in [-0.05, 0) is 37.8 Å². The number of ether oxygens (including phenoxy) is 2. The molecule has 1 aliphatic carbocycles. The van der Waals surface area contributed by atoms with Gasteiger partial charge in [-0.3, -0.25) is 9.67 Å². The quantitative estimate of drug-likeness (QED) is 0.694. The summed E-state index contributed by atoms with van der Waals surface area (Å²) in [6.07, 6.45) is 8.13. The second-order valence-corrected chi connectivity index (χ2v) is 7.93. The molecule has 1 saturated carbocycles. The molecule has 1 aliphatic heterocycles. The van der Waals surface area contributed by atoms with Crippen molar-refractivity contribution >= 4 is 22.5 Å². The predicted octanol–water partition coefficient (Wildman–Crippen LogP) is 3.27. The molecule has 0 aromatic carbocycles. The third-order valence-electron chi connectivity index (χ3n) is 6.05. The molecule has 0 bridgehead atoms. The maximum atomic E-state index is 6.46. The second-order valence-electron chi connectivity index (χ2n) is 7.93. The summed E-state index contributed by atoms with van der Waals surface area (Å²) in [5.41, 5.74) is 0.925. The van der Waals surface area contributed by atoms with Gasteiger partial charge in [0.15, 0.2) is 0 Å². The first-order valence-corrected chi connectivity index (χ1v) is 10.8. The molecule has 158 valence electrons. The smallest absolute Gasteiger partial charge is 0.225 e. The largest absolute Gasteiger partial charge is 0.474 e. The zero-order valence-electron chi connectivity index (χ0n) is 17.3. The van der Waals surface area contributed by atoms with Crippen LogP contribution in [0.3, 0.4) is 0 Å². The fourth-order valence-electron chi connectivity index (χ4n) is 4.34. The van der Waals surface area contributed by atoms with Crippen LogP contribution in [-0.2, 0) is 4.74 Å². The summed E-state index contributed by atoms with van der Waals surface area (Å²) in [5.74, 6) is 2.53. The number of morpholine rings is 1. The first-order chi connectivity index (χ1) is 14.8. The Morgan fingerprint density at radius 1 is 1.13 bits per heavy atom. The van der Waals surface area contributed by atoms with Gasteiger partial charge >= 0.3 is 0 Å². The van der Waals surface area contributed by atoms with Crippen LogP contribution in [0.2, 0.25) is 0 Å². The fraction of sp³-hybridized carbons (Fsp3) is 0.500. The summed E-state index contributed by atoms with van der Waals surface area (Å²) < 4.78 is 14.0. The number of anilines is 2.